The second-order valence-corrected chi connectivity index (χ2v) is 5.20. The van der Waals surface area contributed by atoms with E-state index in [9.17, 15) is 0 Å². The topological polar surface area (TPSA) is 61.7 Å². The monoisotopic (exact) mass is 247 g/mol. The van der Waals surface area contributed by atoms with Crippen LogP contribution in [0.15, 0.2) is 24.9 Å². The van der Waals surface area contributed by atoms with Crippen molar-refractivity contribution in [2.75, 3.05) is 0 Å². The molecule has 0 spiro atoms. The normalized spacial score (nSPS) is 13.2. The molecule has 0 aliphatic heterocycles. The third kappa shape index (κ3) is 2.98. The summed E-state index contributed by atoms with van der Waals surface area (Å²) in [4.78, 5) is 4.21. The Balaban J connectivity index is 2.12. The van der Waals surface area contributed by atoms with Gasteiger partial charge in [-0.3, -0.25) is 4.68 Å². The lowest BCUT2D eigenvalue weighted by atomic mass is 10.0. The van der Waals surface area contributed by atoms with Crippen molar-refractivity contribution in [1.82, 2.24) is 19.3 Å². The Bertz CT molecular complexity index is 497. The Morgan fingerprint density at radius 1 is 1.33 bits per heavy atom. The maximum Gasteiger partial charge on any atom is 0.0951 e. The largest absolute Gasteiger partial charge is 0.329 e. The summed E-state index contributed by atoms with van der Waals surface area (Å²) in [7, 11) is 1.92. The molecule has 2 heterocycles. The molecule has 2 rings (SSSR count). The van der Waals surface area contributed by atoms with Crippen molar-refractivity contribution in [3.63, 3.8) is 0 Å². The highest BCUT2D eigenvalue weighted by Crippen LogP contribution is 2.19. The van der Waals surface area contributed by atoms with Gasteiger partial charge in [0, 0.05) is 31.0 Å². The maximum atomic E-state index is 6.22. The van der Waals surface area contributed by atoms with Gasteiger partial charge < -0.3 is 10.3 Å². The molecular formula is C13H21N5. The lowest BCUT2D eigenvalue weighted by Gasteiger charge is -2.16. The zero-order chi connectivity index (χ0) is 13.1. The van der Waals surface area contributed by atoms with Gasteiger partial charge in [0.15, 0.2) is 0 Å². The molecule has 0 amide bonds. The van der Waals surface area contributed by atoms with E-state index < -0.39 is 0 Å². The Morgan fingerprint density at radius 3 is 2.72 bits per heavy atom. The molecule has 98 valence electrons. The van der Waals surface area contributed by atoms with Gasteiger partial charge >= 0.3 is 0 Å². The first-order chi connectivity index (χ1) is 8.56. The summed E-state index contributed by atoms with van der Waals surface area (Å²) in [6.45, 7) is 5.14. The molecule has 0 aromatic carbocycles. The van der Waals surface area contributed by atoms with Crippen molar-refractivity contribution in [2.24, 2.45) is 18.7 Å². The first-order valence-electron chi connectivity index (χ1n) is 6.29. The Morgan fingerprint density at radius 2 is 2.11 bits per heavy atom. The van der Waals surface area contributed by atoms with E-state index in [-0.39, 0.29) is 6.04 Å². The van der Waals surface area contributed by atoms with Gasteiger partial charge in [0.05, 0.1) is 24.8 Å². The van der Waals surface area contributed by atoms with Crippen LogP contribution >= 0.6 is 0 Å². The smallest absolute Gasteiger partial charge is 0.0951 e. The third-order valence-corrected chi connectivity index (χ3v) is 2.96. The van der Waals surface area contributed by atoms with Crippen molar-refractivity contribution in [3.05, 3.63) is 36.2 Å². The molecule has 0 aliphatic rings. The van der Waals surface area contributed by atoms with Crippen LogP contribution in [0.3, 0.4) is 0 Å². The van der Waals surface area contributed by atoms with E-state index >= 15 is 0 Å². The molecule has 1 unspecified atom stereocenters. The van der Waals surface area contributed by atoms with Gasteiger partial charge in [-0.15, -0.1) is 0 Å². The van der Waals surface area contributed by atoms with Gasteiger partial charge in [-0.1, -0.05) is 13.8 Å². The maximum absolute atomic E-state index is 6.22. The van der Waals surface area contributed by atoms with E-state index in [0.29, 0.717) is 5.92 Å². The second kappa shape index (κ2) is 5.35. The molecule has 0 bridgehead atoms. The minimum Gasteiger partial charge on any atom is -0.329 e. The highest BCUT2D eigenvalue weighted by atomic mass is 15.2. The van der Waals surface area contributed by atoms with Crippen LogP contribution in [0, 0.1) is 5.92 Å². The van der Waals surface area contributed by atoms with Gasteiger partial charge in [0.1, 0.15) is 0 Å². The van der Waals surface area contributed by atoms with Crippen LogP contribution in [0.2, 0.25) is 0 Å². The predicted molar refractivity (Wildman–Crippen MR) is 70.9 cm³/mol. The molecule has 2 N–H and O–H groups in total. The van der Waals surface area contributed by atoms with Gasteiger partial charge in [0.2, 0.25) is 0 Å². The molecule has 0 radical (unpaired) electrons. The van der Waals surface area contributed by atoms with E-state index in [0.717, 1.165) is 24.2 Å². The van der Waals surface area contributed by atoms with Crippen LogP contribution in [0.4, 0.5) is 0 Å². The number of nitrogens with two attached hydrogens (primary N) is 1. The van der Waals surface area contributed by atoms with E-state index in [1.807, 2.05) is 32.0 Å². The number of imidazole rings is 1. The number of nitrogens with zero attached hydrogens (tertiary/aromatic N) is 4. The number of hydrogen-bond donors (Lipinski definition) is 1. The van der Waals surface area contributed by atoms with E-state index in [2.05, 4.69) is 28.5 Å². The molecule has 5 nitrogen and oxygen atoms in total. The average Bonchev–Trinajstić information content (AvgIpc) is 2.87. The van der Waals surface area contributed by atoms with Crippen molar-refractivity contribution in [2.45, 2.75) is 32.9 Å². The number of rotatable bonds is 5. The van der Waals surface area contributed by atoms with E-state index in [4.69, 9.17) is 5.73 Å². The van der Waals surface area contributed by atoms with Crippen molar-refractivity contribution < 1.29 is 0 Å². The second-order valence-electron chi connectivity index (χ2n) is 5.20. The molecule has 2 aromatic heterocycles. The van der Waals surface area contributed by atoms with Gasteiger partial charge in [-0.05, 0) is 12.3 Å². The summed E-state index contributed by atoms with van der Waals surface area (Å²) in [6, 6.07) is 0.0455. The molecule has 0 fully saturated rings. The molecule has 0 saturated heterocycles. The molecule has 2 aromatic rings. The summed E-state index contributed by atoms with van der Waals surface area (Å²) in [5, 5.41) is 4.17. The van der Waals surface area contributed by atoms with Crippen LogP contribution in [0.25, 0.3) is 0 Å². The van der Waals surface area contributed by atoms with Crippen LogP contribution in [-0.2, 0) is 13.6 Å². The van der Waals surface area contributed by atoms with E-state index in [1.165, 1.54) is 0 Å². The highest BCUT2D eigenvalue weighted by Gasteiger charge is 2.13. The highest BCUT2D eigenvalue weighted by molar-refractivity contribution is 5.10. The number of aryl methyl sites for hydroxylation is 1. The van der Waals surface area contributed by atoms with Gasteiger partial charge in [-0.2, -0.15) is 5.10 Å². The predicted octanol–water partition coefficient (Wildman–Crippen LogP) is 1.71. The fourth-order valence-electron chi connectivity index (χ4n) is 2.15. The first kappa shape index (κ1) is 12.8. The zero-order valence-electron chi connectivity index (χ0n) is 11.2. The summed E-state index contributed by atoms with van der Waals surface area (Å²) in [5.41, 5.74) is 8.47. The summed E-state index contributed by atoms with van der Waals surface area (Å²) < 4.78 is 3.91. The van der Waals surface area contributed by atoms with Crippen LogP contribution in [-0.4, -0.2) is 19.3 Å². The summed E-state index contributed by atoms with van der Waals surface area (Å²) in [5.74, 6) is 0.585. The fraction of sp³-hybridized carbons (Fsp3) is 0.538. The van der Waals surface area contributed by atoms with Crippen molar-refractivity contribution in [3.8, 4) is 0 Å². The van der Waals surface area contributed by atoms with Crippen molar-refractivity contribution >= 4 is 0 Å². The standard InChI is InChI=1S/C13H21N5/c1-10(2)4-12(14)13-6-15-9-18(13)8-11-5-16-17(3)7-11/h5-7,9-10,12H,4,8,14H2,1-3H3. The molecule has 18 heavy (non-hydrogen) atoms. The summed E-state index contributed by atoms with van der Waals surface area (Å²) in [6.07, 6.45) is 8.56. The minimum absolute atomic E-state index is 0.0455. The minimum atomic E-state index is 0.0455. The first-order valence-corrected chi connectivity index (χ1v) is 6.29. The quantitative estimate of drug-likeness (QED) is 0.875. The fourth-order valence-corrected chi connectivity index (χ4v) is 2.15. The third-order valence-electron chi connectivity index (χ3n) is 2.96. The number of aromatic nitrogens is 4. The molecular weight excluding hydrogens is 226 g/mol. The van der Waals surface area contributed by atoms with Crippen molar-refractivity contribution in [1.29, 1.82) is 0 Å². The summed E-state index contributed by atoms with van der Waals surface area (Å²) >= 11 is 0. The zero-order valence-corrected chi connectivity index (χ0v) is 11.2. The molecule has 1 atom stereocenters. The molecule has 0 aliphatic carbocycles. The molecule has 0 saturated carbocycles. The van der Waals surface area contributed by atoms with Crippen LogP contribution in [0.5, 0.6) is 0 Å². The van der Waals surface area contributed by atoms with Crippen LogP contribution in [0.1, 0.15) is 37.6 Å². The number of hydrogen-bond acceptors (Lipinski definition) is 3. The SMILES string of the molecule is CC(C)CC(N)c1cncn1Cc1cnn(C)c1. The van der Waals surface area contributed by atoms with Gasteiger partial charge in [0.25, 0.3) is 0 Å². The average molecular weight is 247 g/mol. The van der Waals surface area contributed by atoms with Crippen LogP contribution < -0.4 is 5.73 Å². The van der Waals surface area contributed by atoms with Gasteiger partial charge in [-0.25, -0.2) is 4.98 Å². The Hall–Kier alpha value is -1.62. The Kier molecular flexibility index (Phi) is 3.81. The molecule has 5 heteroatoms. The Labute approximate surface area is 108 Å². The lowest BCUT2D eigenvalue weighted by Crippen LogP contribution is -2.17. The lowest BCUT2D eigenvalue weighted by molar-refractivity contribution is 0.488. The van der Waals surface area contributed by atoms with E-state index in [1.54, 1.807) is 4.68 Å².